The number of primary amides is 1. The van der Waals surface area contributed by atoms with Gasteiger partial charge in [-0.1, -0.05) is 23.2 Å². The summed E-state index contributed by atoms with van der Waals surface area (Å²) in [6, 6.07) is 4.81. The summed E-state index contributed by atoms with van der Waals surface area (Å²) in [4.78, 5) is 25.5. The molecule has 2 N–H and O–H groups in total. The van der Waals surface area contributed by atoms with Gasteiger partial charge in [0.1, 0.15) is 0 Å². The molecule has 0 saturated carbocycles. The van der Waals surface area contributed by atoms with Gasteiger partial charge in [0.15, 0.2) is 5.78 Å². The van der Waals surface area contributed by atoms with Gasteiger partial charge in [0.05, 0.1) is 17.0 Å². The van der Waals surface area contributed by atoms with Crippen LogP contribution in [0.5, 0.6) is 0 Å². The number of nitrogens with zero attached hydrogens (tertiary/aromatic N) is 1. The Balaban J connectivity index is 2.04. The Bertz CT molecular complexity index is 562. The average molecular weight is 315 g/mol. The molecule has 0 spiro atoms. The lowest BCUT2D eigenvalue weighted by Gasteiger charge is -2.20. The molecule has 1 aliphatic rings. The van der Waals surface area contributed by atoms with Crippen molar-refractivity contribution in [1.82, 2.24) is 4.90 Å². The first kappa shape index (κ1) is 15.3. The summed E-state index contributed by atoms with van der Waals surface area (Å²) in [5.41, 5.74) is 5.29. The minimum absolute atomic E-state index is 0.0830. The maximum absolute atomic E-state index is 12.2. The number of nitrogens with two attached hydrogens (primary N) is 1. The van der Waals surface area contributed by atoms with E-state index in [0.29, 0.717) is 35.1 Å². The number of ketones is 1. The van der Waals surface area contributed by atoms with Crippen molar-refractivity contribution in [1.29, 1.82) is 0 Å². The molecule has 1 aromatic carbocycles. The van der Waals surface area contributed by atoms with Gasteiger partial charge in [0.2, 0.25) is 5.91 Å². The minimum Gasteiger partial charge on any atom is -0.369 e. The predicted molar refractivity (Wildman–Crippen MR) is 79.2 cm³/mol. The van der Waals surface area contributed by atoms with Crippen molar-refractivity contribution in [3.63, 3.8) is 0 Å². The Hall–Kier alpha value is -1.10. The van der Waals surface area contributed by atoms with E-state index in [4.69, 9.17) is 28.9 Å². The summed E-state index contributed by atoms with van der Waals surface area (Å²) in [7, 11) is 0. The molecule has 1 aromatic rings. The van der Waals surface area contributed by atoms with Crippen LogP contribution in [0.15, 0.2) is 18.2 Å². The normalized spacial score (nSPS) is 22.9. The van der Waals surface area contributed by atoms with Gasteiger partial charge in [0.25, 0.3) is 0 Å². The second-order valence-corrected chi connectivity index (χ2v) is 6.28. The summed E-state index contributed by atoms with van der Waals surface area (Å²) in [5.74, 6) is -0.405. The molecular formula is C14H16Cl2N2O2. The lowest BCUT2D eigenvalue weighted by molar-refractivity contribution is -0.126. The molecule has 1 fully saturated rings. The molecule has 1 amide bonds. The summed E-state index contributed by atoms with van der Waals surface area (Å²) >= 11 is 11.8. The van der Waals surface area contributed by atoms with Gasteiger partial charge >= 0.3 is 0 Å². The van der Waals surface area contributed by atoms with Crippen molar-refractivity contribution < 1.29 is 9.59 Å². The van der Waals surface area contributed by atoms with Gasteiger partial charge < -0.3 is 5.73 Å². The quantitative estimate of drug-likeness (QED) is 0.868. The van der Waals surface area contributed by atoms with Crippen LogP contribution in [0, 0.1) is 5.41 Å². The van der Waals surface area contributed by atoms with Crippen molar-refractivity contribution in [2.24, 2.45) is 11.1 Å². The lowest BCUT2D eigenvalue weighted by Crippen LogP contribution is -2.38. The summed E-state index contributed by atoms with van der Waals surface area (Å²) < 4.78 is 0. The molecule has 0 aliphatic carbocycles. The minimum atomic E-state index is -0.552. The van der Waals surface area contributed by atoms with Crippen LogP contribution in [0.1, 0.15) is 23.7 Å². The number of carbonyl (C=O) groups is 2. The highest BCUT2D eigenvalue weighted by molar-refractivity contribution is 6.36. The van der Waals surface area contributed by atoms with Gasteiger partial charge in [0, 0.05) is 17.1 Å². The van der Waals surface area contributed by atoms with Crippen LogP contribution in [-0.2, 0) is 4.79 Å². The van der Waals surface area contributed by atoms with Crippen molar-refractivity contribution in [2.75, 3.05) is 19.6 Å². The van der Waals surface area contributed by atoms with Crippen molar-refractivity contribution >= 4 is 34.9 Å². The fourth-order valence-electron chi connectivity index (χ4n) is 2.40. The number of amides is 1. The number of hydrogen-bond acceptors (Lipinski definition) is 3. The smallest absolute Gasteiger partial charge is 0.224 e. The van der Waals surface area contributed by atoms with E-state index >= 15 is 0 Å². The molecule has 0 aromatic heterocycles. The van der Waals surface area contributed by atoms with Crippen LogP contribution in [0.4, 0.5) is 0 Å². The second-order valence-electron chi connectivity index (χ2n) is 5.43. The molecule has 2 rings (SSSR count). The van der Waals surface area contributed by atoms with Gasteiger partial charge in [-0.3, -0.25) is 14.5 Å². The Morgan fingerprint density at radius 3 is 2.65 bits per heavy atom. The lowest BCUT2D eigenvalue weighted by atomic mass is 9.89. The SMILES string of the molecule is CC1(C(N)=O)CCN(CC(=O)c2ccc(Cl)cc2Cl)C1. The predicted octanol–water partition coefficient (Wildman–Crippen LogP) is 2.37. The van der Waals surface area contributed by atoms with Crippen LogP contribution in [0.2, 0.25) is 10.0 Å². The molecule has 0 radical (unpaired) electrons. The van der Waals surface area contributed by atoms with Gasteiger partial charge in [-0.05, 0) is 38.1 Å². The highest BCUT2D eigenvalue weighted by Crippen LogP contribution is 2.30. The van der Waals surface area contributed by atoms with Crippen LogP contribution in [-0.4, -0.2) is 36.2 Å². The number of halogens is 2. The molecule has 1 heterocycles. The molecule has 0 bridgehead atoms. The standard InChI is InChI=1S/C14H16Cl2N2O2/c1-14(13(17)20)4-5-18(8-14)7-12(19)10-3-2-9(15)6-11(10)16/h2-3,6H,4-5,7-8H2,1H3,(H2,17,20). The van der Waals surface area contributed by atoms with Crippen molar-refractivity contribution in [3.8, 4) is 0 Å². The maximum atomic E-state index is 12.2. The zero-order chi connectivity index (χ0) is 14.9. The third kappa shape index (κ3) is 3.14. The fourth-order valence-corrected chi connectivity index (χ4v) is 2.91. The second kappa shape index (κ2) is 5.72. The third-order valence-corrected chi connectivity index (χ3v) is 4.29. The van der Waals surface area contributed by atoms with Crippen LogP contribution >= 0.6 is 23.2 Å². The number of hydrogen-bond donors (Lipinski definition) is 1. The van der Waals surface area contributed by atoms with Crippen LogP contribution < -0.4 is 5.73 Å². The van der Waals surface area contributed by atoms with E-state index in [1.807, 2.05) is 11.8 Å². The average Bonchev–Trinajstić information content (AvgIpc) is 2.72. The molecule has 20 heavy (non-hydrogen) atoms. The van der Waals surface area contributed by atoms with E-state index < -0.39 is 5.41 Å². The van der Waals surface area contributed by atoms with E-state index in [-0.39, 0.29) is 18.2 Å². The largest absolute Gasteiger partial charge is 0.369 e. The first-order valence-electron chi connectivity index (χ1n) is 6.32. The van der Waals surface area contributed by atoms with E-state index in [0.717, 1.165) is 0 Å². The number of carbonyl (C=O) groups excluding carboxylic acids is 2. The van der Waals surface area contributed by atoms with E-state index in [2.05, 4.69) is 0 Å². The van der Waals surface area contributed by atoms with Crippen LogP contribution in [0.3, 0.4) is 0 Å². The van der Waals surface area contributed by atoms with Crippen molar-refractivity contribution in [3.05, 3.63) is 33.8 Å². The van der Waals surface area contributed by atoms with Crippen LogP contribution in [0.25, 0.3) is 0 Å². The van der Waals surface area contributed by atoms with Gasteiger partial charge in [-0.25, -0.2) is 0 Å². The molecule has 1 saturated heterocycles. The zero-order valence-corrected chi connectivity index (χ0v) is 12.7. The Morgan fingerprint density at radius 1 is 1.40 bits per heavy atom. The highest BCUT2D eigenvalue weighted by Gasteiger charge is 2.39. The Morgan fingerprint density at radius 2 is 2.10 bits per heavy atom. The summed E-state index contributed by atoms with van der Waals surface area (Å²) in [6.07, 6.45) is 0.671. The molecule has 1 aliphatic heterocycles. The molecule has 1 unspecified atom stereocenters. The maximum Gasteiger partial charge on any atom is 0.224 e. The first-order valence-corrected chi connectivity index (χ1v) is 7.08. The molecule has 6 heteroatoms. The third-order valence-electron chi connectivity index (χ3n) is 3.75. The number of Topliss-reactive ketones (excluding diaryl/α,β-unsaturated/α-hetero) is 1. The van der Waals surface area contributed by atoms with E-state index in [1.54, 1.807) is 18.2 Å². The molecule has 1 atom stereocenters. The highest BCUT2D eigenvalue weighted by atomic mass is 35.5. The number of likely N-dealkylation sites (tertiary alicyclic amines) is 1. The van der Waals surface area contributed by atoms with Crippen molar-refractivity contribution in [2.45, 2.75) is 13.3 Å². The molecular weight excluding hydrogens is 299 g/mol. The van der Waals surface area contributed by atoms with E-state index in [9.17, 15) is 9.59 Å². The fraction of sp³-hybridized carbons (Fsp3) is 0.429. The Kier molecular flexibility index (Phi) is 4.37. The summed E-state index contributed by atoms with van der Waals surface area (Å²) in [5, 5.41) is 0.841. The van der Waals surface area contributed by atoms with Gasteiger partial charge in [-0.2, -0.15) is 0 Å². The monoisotopic (exact) mass is 314 g/mol. The zero-order valence-electron chi connectivity index (χ0n) is 11.2. The molecule has 4 nitrogen and oxygen atoms in total. The van der Waals surface area contributed by atoms with E-state index in [1.165, 1.54) is 0 Å². The first-order chi connectivity index (χ1) is 9.32. The van der Waals surface area contributed by atoms with Gasteiger partial charge in [-0.15, -0.1) is 0 Å². The topological polar surface area (TPSA) is 63.4 Å². The number of rotatable bonds is 4. The Labute approximate surface area is 127 Å². The molecule has 108 valence electrons. The number of benzene rings is 1. The summed E-state index contributed by atoms with van der Waals surface area (Å²) in [6.45, 7) is 3.23.